The number of hydrogen-bond acceptors (Lipinski definition) is 2. The van der Waals surface area contributed by atoms with Crippen LogP contribution in [0.2, 0.25) is 0 Å². The molecule has 1 amide bonds. The highest BCUT2D eigenvalue weighted by Crippen LogP contribution is 2.30. The van der Waals surface area contributed by atoms with Crippen LogP contribution in [0.4, 0.5) is 0 Å². The second-order valence-electron chi connectivity index (χ2n) is 8.47. The normalized spacial score (nSPS) is 22.3. The predicted molar refractivity (Wildman–Crippen MR) is 130 cm³/mol. The van der Waals surface area contributed by atoms with Gasteiger partial charge in [-0.2, -0.15) is 0 Å². The summed E-state index contributed by atoms with van der Waals surface area (Å²) in [4.78, 5) is 18.3. The van der Waals surface area contributed by atoms with Crippen LogP contribution in [0.25, 0.3) is 0 Å². The van der Waals surface area contributed by atoms with Crippen molar-refractivity contribution in [1.82, 2.24) is 15.5 Å². The smallest absolute Gasteiger partial charge is 0.222 e. The minimum Gasteiger partial charge on any atom is -0.356 e. The summed E-state index contributed by atoms with van der Waals surface area (Å²) in [6.45, 7) is 5.67. The van der Waals surface area contributed by atoms with Gasteiger partial charge in [-0.1, -0.05) is 50.5 Å². The first-order valence-corrected chi connectivity index (χ1v) is 10.9. The Hall–Kier alpha value is -1.31. The van der Waals surface area contributed by atoms with E-state index in [1.54, 1.807) is 0 Å². The molecule has 162 valence electrons. The molecule has 1 aromatic rings. The van der Waals surface area contributed by atoms with Gasteiger partial charge in [0.25, 0.3) is 0 Å². The third-order valence-corrected chi connectivity index (χ3v) is 6.21. The van der Waals surface area contributed by atoms with Crippen LogP contribution in [0.15, 0.2) is 29.3 Å². The van der Waals surface area contributed by atoms with E-state index in [2.05, 4.69) is 46.8 Å². The van der Waals surface area contributed by atoms with Crippen molar-refractivity contribution in [3.8, 4) is 0 Å². The molecule has 1 saturated carbocycles. The number of amides is 1. The summed E-state index contributed by atoms with van der Waals surface area (Å²) in [5.41, 5.74) is 2.45. The number of nitrogens with zero attached hydrogens (tertiary/aromatic N) is 2. The Balaban J connectivity index is 0.00000300. The third-order valence-electron chi connectivity index (χ3n) is 6.21. The highest BCUT2D eigenvalue weighted by molar-refractivity contribution is 14.0. The summed E-state index contributed by atoms with van der Waals surface area (Å²) in [6.07, 6.45) is 8.42. The lowest BCUT2D eigenvalue weighted by Crippen LogP contribution is -2.38. The highest BCUT2D eigenvalue weighted by Gasteiger charge is 2.21. The van der Waals surface area contributed by atoms with Crippen LogP contribution in [0.5, 0.6) is 0 Å². The molecule has 1 aromatic carbocycles. The van der Waals surface area contributed by atoms with Crippen LogP contribution < -0.4 is 10.6 Å². The largest absolute Gasteiger partial charge is 0.356 e. The second kappa shape index (κ2) is 12.4. The fourth-order valence-electron chi connectivity index (χ4n) is 4.58. The van der Waals surface area contributed by atoms with Crippen LogP contribution in [0, 0.1) is 11.8 Å². The molecule has 2 atom stereocenters. The van der Waals surface area contributed by atoms with E-state index >= 15 is 0 Å². The molecule has 0 radical (unpaired) electrons. The van der Waals surface area contributed by atoms with Gasteiger partial charge in [0.2, 0.25) is 5.91 Å². The van der Waals surface area contributed by atoms with Crippen molar-refractivity contribution in [2.45, 2.75) is 65.0 Å². The van der Waals surface area contributed by atoms with Gasteiger partial charge in [0.05, 0.1) is 0 Å². The summed E-state index contributed by atoms with van der Waals surface area (Å²) < 4.78 is 0. The topological polar surface area (TPSA) is 56.7 Å². The minimum atomic E-state index is 0. The van der Waals surface area contributed by atoms with Crippen LogP contribution in [-0.2, 0) is 17.9 Å². The van der Waals surface area contributed by atoms with Gasteiger partial charge in [-0.15, -0.1) is 24.0 Å². The summed E-state index contributed by atoms with van der Waals surface area (Å²) in [5, 5.41) is 6.92. The SMILES string of the molecule is CN=C(NCCC1CCCC(C)C1)NCc1ccccc1CN1CCCC1=O.I. The van der Waals surface area contributed by atoms with Crippen molar-refractivity contribution in [2.24, 2.45) is 16.8 Å². The lowest BCUT2D eigenvalue weighted by molar-refractivity contribution is -0.128. The molecule has 3 rings (SSSR count). The molecular weight excluding hydrogens is 475 g/mol. The van der Waals surface area contributed by atoms with Crippen molar-refractivity contribution in [3.63, 3.8) is 0 Å². The third kappa shape index (κ3) is 7.46. The first-order chi connectivity index (χ1) is 13.7. The molecule has 1 saturated heterocycles. The van der Waals surface area contributed by atoms with Gasteiger partial charge in [0.15, 0.2) is 5.96 Å². The Morgan fingerprint density at radius 2 is 1.97 bits per heavy atom. The first kappa shape index (κ1) is 24.0. The van der Waals surface area contributed by atoms with Gasteiger partial charge in [-0.3, -0.25) is 9.79 Å². The number of hydrogen-bond donors (Lipinski definition) is 2. The number of benzene rings is 1. The molecule has 6 heteroatoms. The average molecular weight is 512 g/mol. The number of nitrogens with one attached hydrogen (secondary N) is 2. The van der Waals surface area contributed by atoms with E-state index in [-0.39, 0.29) is 29.9 Å². The maximum atomic E-state index is 12.0. The zero-order valence-electron chi connectivity index (χ0n) is 18.0. The Morgan fingerprint density at radius 3 is 2.66 bits per heavy atom. The zero-order chi connectivity index (χ0) is 19.8. The maximum absolute atomic E-state index is 12.0. The maximum Gasteiger partial charge on any atom is 0.222 e. The fraction of sp³-hybridized carbons (Fsp3) is 0.652. The van der Waals surface area contributed by atoms with E-state index in [0.29, 0.717) is 13.0 Å². The quantitative estimate of drug-likeness (QED) is 0.325. The van der Waals surface area contributed by atoms with Crippen molar-refractivity contribution in [2.75, 3.05) is 20.1 Å². The highest BCUT2D eigenvalue weighted by atomic mass is 127. The molecule has 2 fully saturated rings. The molecule has 0 bridgehead atoms. The average Bonchev–Trinajstić information content (AvgIpc) is 3.10. The van der Waals surface area contributed by atoms with E-state index in [1.165, 1.54) is 43.2 Å². The van der Waals surface area contributed by atoms with Crippen LogP contribution in [0.1, 0.15) is 63.0 Å². The van der Waals surface area contributed by atoms with E-state index in [4.69, 9.17) is 0 Å². The first-order valence-electron chi connectivity index (χ1n) is 10.9. The summed E-state index contributed by atoms with van der Waals surface area (Å²) >= 11 is 0. The lowest BCUT2D eigenvalue weighted by Gasteiger charge is -2.27. The number of aliphatic imine (C=N–C) groups is 1. The standard InChI is InChI=1S/C23H36N4O.HI/c1-18-7-5-8-19(15-18)12-13-25-23(24-2)26-16-20-9-3-4-10-21(20)17-27-14-6-11-22(27)28;/h3-4,9-10,18-19H,5-8,11-17H2,1-2H3,(H2,24,25,26);1H. The Morgan fingerprint density at radius 1 is 1.17 bits per heavy atom. The molecule has 2 aliphatic rings. The molecule has 0 spiro atoms. The molecule has 29 heavy (non-hydrogen) atoms. The number of likely N-dealkylation sites (tertiary alicyclic amines) is 1. The second-order valence-corrected chi connectivity index (χ2v) is 8.47. The summed E-state index contributed by atoms with van der Waals surface area (Å²) in [5.74, 6) is 2.87. The number of carbonyl (C=O) groups is 1. The molecular formula is C23H37IN4O. The fourth-order valence-corrected chi connectivity index (χ4v) is 4.58. The van der Waals surface area contributed by atoms with Crippen molar-refractivity contribution < 1.29 is 4.79 Å². The van der Waals surface area contributed by atoms with Gasteiger partial charge in [0.1, 0.15) is 0 Å². The van der Waals surface area contributed by atoms with Crippen molar-refractivity contribution >= 4 is 35.8 Å². The monoisotopic (exact) mass is 512 g/mol. The Labute approximate surface area is 193 Å². The van der Waals surface area contributed by atoms with Crippen LogP contribution >= 0.6 is 24.0 Å². The van der Waals surface area contributed by atoms with Gasteiger partial charge < -0.3 is 15.5 Å². The number of rotatable bonds is 7. The molecule has 0 aromatic heterocycles. The van der Waals surface area contributed by atoms with Gasteiger partial charge in [0, 0.05) is 39.6 Å². The molecule has 1 heterocycles. The minimum absolute atomic E-state index is 0. The van der Waals surface area contributed by atoms with E-state index in [0.717, 1.165) is 43.9 Å². The van der Waals surface area contributed by atoms with E-state index < -0.39 is 0 Å². The van der Waals surface area contributed by atoms with Gasteiger partial charge >= 0.3 is 0 Å². The van der Waals surface area contributed by atoms with Crippen LogP contribution in [-0.4, -0.2) is 36.9 Å². The molecule has 1 aliphatic heterocycles. The van der Waals surface area contributed by atoms with Crippen molar-refractivity contribution in [3.05, 3.63) is 35.4 Å². The van der Waals surface area contributed by atoms with Crippen molar-refractivity contribution in [1.29, 1.82) is 0 Å². The number of guanidine groups is 1. The molecule has 2 N–H and O–H groups in total. The summed E-state index contributed by atoms with van der Waals surface area (Å²) in [7, 11) is 1.83. The van der Waals surface area contributed by atoms with Gasteiger partial charge in [-0.25, -0.2) is 0 Å². The lowest BCUT2D eigenvalue weighted by atomic mass is 9.81. The Kier molecular flexibility index (Phi) is 10.2. The van der Waals surface area contributed by atoms with E-state index in [1.807, 2.05) is 11.9 Å². The van der Waals surface area contributed by atoms with Crippen LogP contribution in [0.3, 0.4) is 0 Å². The molecule has 5 nitrogen and oxygen atoms in total. The Bertz CT molecular complexity index is 679. The molecule has 2 unspecified atom stereocenters. The number of carbonyl (C=O) groups excluding carboxylic acids is 1. The summed E-state index contributed by atoms with van der Waals surface area (Å²) in [6, 6.07) is 8.38. The zero-order valence-corrected chi connectivity index (χ0v) is 20.3. The number of halogens is 1. The molecule has 1 aliphatic carbocycles. The predicted octanol–water partition coefficient (Wildman–Crippen LogP) is 4.31. The van der Waals surface area contributed by atoms with Gasteiger partial charge in [-0.05, 0) is 42.2 Å². The van der Waals surface area contributed by atoms with E-state index in [9.17, 15) is 4.79 Å².